The predicted molar refractivity (Wildman–Crippen MR) is 109 cm³/mol. The third-order valence-electron chi connectivity index (χ3n) is 9.73. The molecule has 5 rings (SSSR count). The molecule has 0 amide bonds. The van der Waals surface area contributed by atoms with Gasteiger partial charge >= 0.3 is 0 Å². The molecule has 0 radical (unpaired) electrons. The molecule has 5 aliphatic rings. The summed E-state index contributed by atoms with van der Waals surface area (Å²) >= 11 is 0. The van der Waals surface area contributed by atoms with Gasteiger partial charge in [-0.25, -0.2) is 0 Å². The molecule has 5 heteroatoms. The summed E-state index contributed by atoms with van der Waals surface area (Å²) in [6.45, 7) is 4.74. The fourth-order valence-corrected chi connectivity index (χ4v) is 8.27. The van der Waals surface area contributed by atoms with E-state index in [-0.39, 0.29) is 29.6 Å². The van der Waals surface area contributed by atoms with E-state index in [0.29, 0.717) is 23.7 Å². The molecule has 1 heterocycles. The molecule has 0 aromatic heterocycles. The maximum absolute atomic E-state index is 10.2. The Morgan fingerprint density at radius 1 is 1.17 bits per heavy atom. The van der Waals surface area contributed by atoms with Crippen LogP contribution in [0.25, 0.3) is 0 Å². The summed E-state index contributed by atoms with van der Waals surface area (Å²) in [6, 6.07) is 0. The number of fused-ring (bicyclic) bond motifs is 7. The van der Waals surface area contributed by atoms with Crippen molar-refractivity contribution in [2.45, 2.75) is 76.6 Å². The Morgan fingerprint density at radius 2 is 1.93 bits per heavy atom. The van der Waals surface area contributed by atoms with Crippen LogP contribution in [0.1, 0.15) is 58.8 Å². The summed E-state index contributed by atoms with van der Waals surface area (Å²) in [7, 11) is 3.19. The zero-order valence-electron chi connectivity index (χ0n) is 18.2. The van der Waals surface area contributed by atoms with Crippen molar-refractivity contribution in [2.75, 3.05) is 20.8 Å². The van der Waals surface area contributed by atoms with Crippen LogP contribution in [0.2, 0.25) is 0 Å². The molecule has 162 valence electrons. The smallest absolute Gasteiger partial charge is 0.283 e. The number of epoxide rings is 1. The van der Waals surface area contributed by atoms with E-state index in [1.807, 2.05) is 0 Å². The number of aliphatic hydroxyl groups is 2. The van der Waals surface area contributed by atoms with E-state index in [9.17, 15) is 10.2 Å². The molecule has 5 nitrogen and oxygen atoms in total. The van der Waals surface area contributed by atoms with Gasteiger partial charge in [-0.2, -0.15) is 0 Å². The molecule has 1 saturated heterocycles. The zero-order chi connectivity index (χ0) is 20.6. The molecule has 0 unspecified atom stereocenters. The first-order valence-corrected chi connectivity index (χ1v) is 11.3. The van der Waals surface area contributed by atoms with E-state index in [4.69, 9.17) is 14.2 Å². The lowest BCUT2D eigenvalue weighted by Crippen LogP contribution is -2.53. The lowest BCUT2D eigenvalue weighted by Gasteiger charge is -2.58. The van der Waals surface area contributed by atoms with Crippen LogP contribution >= 0.6 is 0 Å². The van der Waals surface area contributed by atoms with Gasteiger partial charge in [0.15, 0.2) is 0 Å². The third kappa shape index (κ3) is 2.38. The topological polar surface area (TPSA) is 71.5 Å². The van der Waals surface area contributed by atoms with Crippen molar-refractivity contribution in [1.82, 2.24) is 0 Å². The van der Waals surface area contributed by atoms with Crippen LogP contribution in [0.5, 0.6) is 0 Å². The first kappa shape index (κ1) is 19.9. The van der Waals surface area contributed by atoms with Crippen LogP contribution in [-0.4, -0.2) is 48.8 Å². The number of hydrogen-bond donors (Lipinski definition) is 2. The number of ether oxygens (including phenoxy) is 3. The number of methoxy groups -OCH3 is 2. The maximum Gasteiger partial charge on any atom is 0.283 e. The second-order valence-corrected chi connectivity index (χ2v) is 10.5. The SMILES string of the molecule is COC(OC)=C(CO)[C@@]12O[C@@H]1C[C@@H]1[C@@H]3CC=C4C[C@H](O)CC[C@]4(C)[C@@H]3CC[C@@]12C. The number of aliphatic hydroxyl groups excluding tert-OH is 2. The highest BCUT2D eigenvalue weighted by Gasteiger charge is 2.79. The largest absolute Gasteiger partial charge is 0.469 e. The minimum absolute atomic E-state index is 0.00487. The van der Waals surface area contributed by atoms with Crippen LogP contribution in [0.4, 0.5) is 0 Å². The number of hydrogen-bond acceptors (Lipinski definition) is 5. The van der Waals surface area contributed by atoms with Gasteiger partial charge in [-0.3, -0.25) is 0 Å². The van der Waals surface area contributed by atoms with E-state index in [1.54, 1.807) is 14.2 Å². The van der Waals surface area contributed by atoms with Gasteiger partial charge in [0.25, 0.3) is 5.95 Å². The van der Waals surface area contributed by atoms with Crippen LogP contribution < -0.4 is 0 Å². The van der Waals surface area contributed by atoms with Gasteiger partial charge in [-0.05, 0) is 68.1 Å². The Morgan fingerprint density at radius 3 is 2.62 bits per heavy atom. The second-order valence-electron chi connectivity index (χ2n) is 10.5. The van der Waals surface area contributed by atoms with Crippen LogP contribution in [0.3, 0.4) is 0 Å². The molecule has 1 aliphatic heterocycles. The average Bonchev–Trinajstić information content (AvgIpc) is 3.37. The highest BCUT2D eigenvalue weighted by Crippen LogP contribution is 2.75. The Bertz CT molecular complexity index is 752. The molecule has 2 N–H and O–H groups in total. The highest BCUT2D eigenvalue weighted by atomic mass is 16.7. The van der Waals surface area contributed by atoms with Gasteiger partial charge in [0.2, 0.25) is 0 Å². The Balaban J connectivity index is 1.51. The summed E-state index contributed by atoms with van der Waals surface area (Å²) < 4.78 is 17.3. The fourth-order valence-electron chi connectivity index (χ4n) is 8.27. The summed E-state index contributed by atoms with van der Waals surface area (Å²) in [4.78, 5) is 0. The Labute approximate surface area is 174 Å². The predicted octanol–water partition coefficient (Wildman–Crippen LogP) is 3.55. The van der Waals surface area contributed by atoms with E-state index < -0.39 is 5.60 Å². The third-order valence-corrected chi connectivity index (χ3v) is 9.73. The molecule has 29 heavy (non-hydrogen) atoms. The lowest BCUT2D eigenvalue weighted by molar-refractivity contribution is -0.0791. The van der Waals surface area contributed by atoms with E-state index >= 15 is 0 Å². The van der Waals surface area contributed by atoms with Gasteiger partial charge in [0, 0.05) is 5.41 Å². The van der Waals surface area contributed by atoms with Gasteiger partial charge in [-0.15, -0.1) is 0 Å². The summed E-state index contributed by atoms with van der Waals surface area (Å²) in [5.41, 5.74) is 2.09. The van der Waals surface area contributed by atoms with Gasteiger partial charge in [0.1, 0.15) is 5.60 Å². The maximum atomic E-state index is 10.2. The van der Waals surface area contributed by atoms with Crippen molar-refractivity contribution in [3.8, 4) is 0 Å². The van der Waals surface area contributed by atoms with Crippen LogP contribution in [-0.2, 0) is 14.2 Å². The van der Waals surface area contributed by atoms with Gasteiger partial charge in [-0.1, -0.05) is 25.5 Å². The van der Waals surface area contributed by atoms with Crippen molar-refractivity contribution >= 4 is 0 Å². The molecule has 0 aromatic rings. The quantitative estimate of drug-likeness (QED) is 0.426. The average molecular weight is 405 g/mol. The normalized spacial score (nSPS) is 49.7. The monoisotopic (exact) mass is 404 g/mol. The molecule has 0 bridgehead atoms. The van der Waals surface area contributed by atoms with Crippen molar-refractivity contribution in [3.05, 3.63) is 23.2 Å². The lowest BCUT2D eigenvalue weighted by atomic mass is 9.47. The molecule has 3 saturated carbocycles. The molecular formula is C24H36O5. The standard InChI is InChI=1S/C24H36O5/c1-22-9-7-15(26)11-14(22)5-6-16-17(22)8-10-23(2)18(16)12-20-24(23,29-20)19(13-25)21(27-3)28-4/h5,15-18,20,25-26H,6-13H2,1-4H3/t15-,16-,17-,18-,20-,22+,23+,24-/m1/s1. The minimum atomic E-state index is -0.438. The van der Waals surface area contributed by atoms with Crippen molar-refractivity contribution in [1.29, 1.82) is 0 Å². The molecule has 0 aromatic carbocycles. The summed E-state index contributed by atoms with van der Waals surface area (Å²) in [5.74, 6) is 2.34. The molecule has 8 atom stereocenters. The molecule has 0 spiro atoms. The van der Waals surface area contributed by atoms with Gasteiger partial charge < -0.3 is 24.4 Å². The first-order valence-electron chi connectivity index (χ1n) is 11.3. The Kier molecular flexibility index (Phi) is 4.44. The minimum Gasteiger partial charge on any atom is -0.469 e. The highest BCUT2D eigenvalue weighted by molar-refractivity contribution is 5.40. The van der Waals surface area contributed by atoms with Gasteiger partial charge in [0.05, 0.1) is 38.6 Å². The van der Waals surface area contributed by atoms with E-state index in [1.165, 1.54) is 12.0 Å². The molecular weight excluding hydrogens is 368 g/mol. The Hall–Kier alpha value is -1.04. The zero-order valence-corrected chi connectivity index (χ0v) is 18.2. The summed E-state index contributed by atoms with van der Waals surface area (Å²) in [5, 5.41) is 20.4. The fraction of sp³-hybridized carbons (Fsp3) is 0.833. The molecule has 4 fully saturated rings. The number of allylic oxidation sites excluding steroid dienone is 1. The summed E-state index contributed by atoms with van der Waals surface area (Å²) in [6.07, 6.45) is 9.82. The van der Waals surface area contributed by atoms with Crippen molar-refractivity contribution in [2.24, 2.45) is 28.6 Å². The van der Waals surface area contributed by atoms with Crippen molar-refractivity contribution < 1.29 is 24.4 Å². The second kappa shape index (κ2) is 6.48. The van der Waals surface area contributed by atoms with Crippen LogP contribution in [0.15, 0.2) is 23.2 Å². The number of rotatable bonds is 4. The van der Waals surface area contributed by atoms with E-state index in [0.717, 1.165) is 44.1 Å². The van der Waals surface area contributed by atoms with Crippen LogP contribution in [0, 0.1) is 28.6 Å². The van der Waals surface area contributed by atoms with E-state index in [2.05, 4.69) is 19.9 Å². The first-order chi connectivity index (χ1) is 13.9. The van der Waals surface area contributed by atoms with Crippen molar-refractivity contribution in [3.63, 3.8) is 0 Å². The molecule has 4 aliphatic carbocycles.